The molecule has 48 heavy (non-hydrogen) atoms. The second-order valence-electron chi connectivity index (χ2n) is 12.7. The van der Waals surface area contributed by atoms with E-state index < -0.39 is 7.14 Å². The molecule has 0 N–H and O–H groups in total. The lowest BCUT2D eigenvalue weighted by Gasteiger charge is -2.21. The molecule has 4 heteroatoms. The number of fused-ring (bicyclic) bond motifs is 7. The molecule has 2 aromatic heterocycles. The topological polar surface area (TPSA) is 26.9 Å². The molecule has 0 aliphatic rings. The molecule has 0 saturated heterocycles. The summed E-state index contributed by atoms with van der Waals surface area (Å²) in [6.07, 6.45) is 0. The van der Waals surface area contributed by atoms with Crippen LogP contribution in [-0.2, 0) is 4.57 Å². The standard InChI is InChI=1S/C44H33N2OP/c1-30-21-25-41-39(27-30)37-23-24-38-40-28-31(2)22-26-42(40)46(44(38)43(37)45(41)32-13-6-3-7-14-32)33-15-12-20-36(29-33)48(47,34-16-8-4-9-17-34)35-18-10-5-11-19-35/h3-29H,1-2H3. The van der Waals surface area contributed by atoms with Crippen molar-refractivity contribution in [3.05, 3.63) is 175 Å². The minimum Gasteiger partial charge on any atom is -0.309 e. The minimum absolute atomic E-state index is 0.811. The summed E-state index contributed by atoms with van der Waals surface area (Å²) in [5.41, 5.74) is 9.14. The van der Waals surface area contributed by atoms with Gasteiger partial charge in [0.15, 0.2) is 7.14 Å². The molecule has 0 spiro atoms. The molecule has 0 amide bonds. The fourth-order valence-electron chi connectivity index (χ4n) is 7.49. The van der Waals surface area contributed by atoms with Crippen molar-refractivity contribution in [1.29, 1.82) is 0 Å². The number of aryl methyl sites for hydroxylation is 2. The van der Waals surface area contributed by atoms with Crippen LogP contribution in [0.2, 0.25) is 0 Å². The first-order chi connectivity index (χ1) is 23.5. The highest BCUT2D eigenvalue weighted by Crippen LogP contribution is 2.45. The molecule has 0 bridgehead atoms. The van der Waals surface area contributed by atoms with Crippen molar-refractivity contribution in [2.45, 2.75) is 13.8 Å². The second kappa shape index (κ2) is 11.0. The van der Waals surface area contributed by atoms with E-state index in [1.165, 1.54) is 38.2 Å². The Bertz CT molecular complexity index is 2660. The monoisotopic (exact) mass is 636 g/mol. The second-order valence-corrected chi connectivity index (χ2v) is 15.5. The molecule has 0 fully saturated rings. The molecule has 0 aliphatic heterocycles. The van der Waals surface area contributed by atoms with E-state index in [4.69, 9.17) is 0 Å². The summed E-state index contributed by atoms with van der Waals surface area (Å²) in [6, 6.07) is 56.9. The van der Waals surface area contributed by atoms with Crippen molar-refractivity contribution in [1.82, 2.24) is 9.13 Å². The molecule has 0 aliphatic carbocycles. The highest BCUT2D eigenvalue weighted by molar-refractivity contribution is 7.85. The van der Waals surface area contributed by atoms with Crippen LogP contribution in [0.1, 0.15) is 11.1 Å². The van der Waals surface area contributed by atoms with E-state index in [1.807, 2.05) is 66.7 Å². The quantitative estimate of drug-likeness (QED) is 0.173. The number of hydrogen-bond acceptors (Lipinski definition) is 1. The van der Waals surface area contributed by atoms with Gasteiger partial charge in [0.2, 0.25) is 0 Å². The lowest BCUT2D eigenvalue weighted by molar-refractivity contribution is 0.592. The zero-order valence-electron chi connectivity index (χ0n) is 26.8. The van der Waals surface area contributed by atoms with E-state index in [0.29, 0.717) is 0 Å². The fraction of sp³-hybridized carbons (Fsp3) is 0.0455. The Kier molecular flexibility index (Phi) is 6.54. The molecule has 0 saturated carbocycles. The first-order valence-electron chi connectivity index (χ1n) is 16.4. The molecule has 7 aromatic carbocycles. The van der Waals surface area contributed by atoms with Gasteiger partial charge in [-0.1, -0.05) is 126 Å². The van der Waals surface area contributed by atoms with E-state index in [2.05, 4.69) is 120 Å². The van der Waals surface area contributed by atoms with Crippen LogP contribution in [0.15, 0.2) is 164 Å². The SMILES string of the molecule is Cc1ccc2c(c1)c1ccc3c4cc(C)ccc4n(-c4cccc(P(=O)(c5ccccc5)c5ccccc5)c4)c3c1n2-c1ccccc1. The summed E-state index contributed by atoms with van der Waals surface area (Å²) >= 11 is 0. The Hall–Kier alpha value is -5.63. The van der Waals surface area contributed by atoms with E-state index in [1.54, 1.807) is 0 Å². The highest BCUT2D eigenvalue weighted by atomic mass is 31.2. The maximum absolute atomic E-state index is 15.5. The van der Waals surface area contributed by atoms with Crippen LogP contribution in [0.3, 0.4) is 0 Å². The number of hydrogen-bond donors (Lipinski definition) is 0. The summed E-state index contributed by atoms with van der Waals surface area (Å²) < 4.78 is 20.3. The number of aromatic nitrogens is 2. The van der Waals surface area contributed by atoms with Gasteiger partial charge in [-0.3, -0.25) is 0 Å². The average molecular weight is 637 g/mol. The molecule has 9 aromatic rings. The zero-order chi connectivity index (χ0) is 32.4. The van der Waals surface area contributed by atoms with Gasteiger partial charge in [-0.2, -0.15) is 0 Å². The normalized spacial score (nSPS) is 12.0. The third-order valence-electron chi connectivity index (χ3n) is 9.67. The summed E-state index contributed by atoms with van der Waals surface area (Å²) in [5.74, 6) is 0. The number of benzene rings is 7. The molecule has 0 radical (unpaired) electrons. The average Bonchev–Trinajstić information content (AvgIpc) is 3.64. The number of nitrogens with zero attached hydrogens (tertiary/aromatic N) is 2. The molecule has 9 rings (SSSR count). The van der Waals surface area contributed by atoms with Gasteiger partial charge in [0, 0.05) is 48.8 Å². The van der Waals surface area contributed by atoms with Crippen LogP contribution in [0.25, 0.3) is 55.0 Å². The molecule has 2 heterocycles. The predicted octanol–water partition coefficient (Wildman–Crippen LogP) is 10.1. The lowest BCUT2D eigenvalue weighted by atomic mass is 10.1. The third kappa shape index (κ3) is 4.25. The summed E-state index contributed by atoms with van der Waals surface area (Å²) in [6.45, 7) is 4.31. The van der Waals surface area contributed by atoms with Gasteiger partial charge >= 0.3 is 0 Å². The molecular formula is C44H33N2OP. The first-order valence-corrected chi connectivity index (χ1v) is 18.1. The largest absolute Gasteiger partial charge is 0.309 e. The Morgan fingerprint density at radius 2 is 0.833 bits per heavy atom. The van der Waals surface area contributed by atoms with Crippen LogP contribution >= 0.6 is 7.14 Å². The Labute approximate surface area is 279 Å². The summed E-state index contributed by atoms with van der Waals surface area (Å²) in [7, 11) is -3.19. The van der Waals surface area contributed by atoms with E-state index in [9.17, 15) is 0 Å². The molecule has 0 atom stereocenters. The van der Waals surface area contributed by atoms with Crippen LogP contribution in [-0.4, -0.2) is 9.13 Å². The molecular weight excluding hydrogens is 603 g/mol. The lowest BCUT2D eigenvalue weighted by Crippen LogP contribution is -2.25. The summed E-state index contributed by atoms with van der Waals surface area (Å²) in [4.78, 5) is 0. The van der Waals surface area contributed by atoms with Gasteiger partial charge < -0.3 is 13.7 Å². The van der Waals surface area contributed by atoms with Crippen molar-refractivity contribution in [2.24, 2.45) is 0 Å². The van der Waals surface area contributed by atoms with Crippen LogP contribution in [0, 0.1) is 13.8 Å². The highest BCUT2D eigenvalue weighted by Gasteiger charge is 2.30. The van der Waals surface area contributed by atoms with Gasteiger partial charge in [0.05, 0.1) is 22.1 Å². The molecule has 3 nitrogen and oxygen atoms in total. The number of para-hydroxylation sites is 1. The maximum Gasteiger partial charge on any atom is 0.171 e. The van der Waals surface area contributed by atoms with Crippen molar-refractivity contribution in [3.63, 3.8) is 0 Å². The number of rotatable bonds is 5. The van der Waals surface area contributed by atoms with E-state index >= 15 is 4.57 Å². The van der Waals surface area contributed by atoms with Crippen LogP contribution in [0.5, 0.6) is 0 Å². The van der Waals surface area contributed by atoms with E-state index in [0.717, 1.165) is 43.8 Å². The Balaban J connectivity index is 1.43. The van der Waals surface area contributed by atoms with Crippen molar-refractivity contribution >= 4 is 66.7 Å². The molecule has 230 valence electrons. The molecule has 0 unspecified atom stereocenters. The van der Waals surface area contributed by atoms with E-state index in [-0.39, 0.29) is 0 Å². The first kappa shape index (κ1) is 28.6. The Morgan fingerprint density at radius 1 is 0.396 bits per heavy atom. The fourth-order valence-corrected chi connectivity index (χ4v) is 10.2. The van der Waals surface area contributed by atoms with Crippen molar-refractivity contribution in [2.75, 3.05) is 0 Å². The van der Waals surface area contributed by atoms with Gasteiger partial charge in [-0.05, 0) is 62.4 Å². The van der Waals surface area contributed by atoms with Crippen LogP contribution < -0.4 is 15.9 Å². The van der Waals surface area contributed by atoms with Gasteiger partial charge in [-0.25, -0.2) is 0 Å². The smallest absolute Gasteiger partial charge is 0.171 e. The maximum atomic E-state index is 15.5. The van der Waals surface area contributed by atoms with Crippen molar-refractivity contribution in [3.8, 4) is 11.4 Å². The van der Waals surface area contributed by atoms with Gasteiger partial charge in [-0.15, -0.1) is 0 Å². The zero-order valence-corrected chi connectivity index (χ0v) is 27.7. The Morgan fingerprint density at radius 3 is 1.35 bits per heavy atom. The summed E-state index contributed by atoms with van der Waals surface area (Å²) in [5, 5.41) is 7.30. The van der Waals surface area contributed by atoms with Gasteiger partial charge in [0.25, 0.3) is 0 Å². The minimum atomic E-state index is -3.19. The third-order valence-corrected chi connectivity index (χ3v) is 12.7. The predicted molar refractivity (Wildman–Crippen MR) is 204 cm³/mol. The van der Waals surface area contributed by atoms with Gasteiger partial charge in [0.1, 0.15) is 0 Å². The van der Waals surface area contributed by atoms with Crippen LogP contribution in [0.4, 0.5) is 0 Å². The van der Waals surface area contributed by atoms with Crippen molar-refractivity contribution < 1.29 is 4.57 Å².